The van der Waals surface area contributed by atoms with Crippen LogP contribution in [0.15, 0.2) is 30.6 Å². The van der Waals surface area contributed by atoms with Gasteiger partial charge in [-0.25, -0.2) is 18.7 Å². The lowest BCUT2D eigenvalue weighted by atomic mass is 9.91. The first-order valence-corrected chi connectivity index (χ1v) is 7.04. The average Bonchev–Trinajstić information content (AvgIpc) is 3.27. The Morgan fingerprint density at radius 2 is 1.91 bits per heavy atom. The van der Waals surface area contributed by atoms with Gasteiger partial charge in [0.05, 0.1) is 12.1 Å². The minimum Gasteiger partial charge on any atom is -0.324 e. The van der Waals surface area contributed by atoms with Crippen molar-refractivity contribution in [3.63, 3.8) is 0 Å². The Labute approximate surface area is 126 Å². The van der Waals surface area contributed by atoms with Crippen LogP contribution in [0.4, 0.5) is 8.78 Å². The van der Waals surface area contributed by atoms with E-state index in [-0.39, 0.29) is 17.7 Å². The van der Waals surface area contributed by atoms with Gasteiger partial charge in [-0.15, -0.1) is 0 Å². The fraction of sp³-hybridized carbons (Fsp3) is 0.312. The highest BCUT2D eigenvalue weighted by Crippen LogP contribution is 2.51. The number of carbonyl (C=O) groups is 1. The van der Waals surface area contributed by atoms with Gasteiger partial charge in [0.2, 0.25) is 0 Å². The summed E-state index contributed by atoms with van der Waals surface area (Å²) >= 11 is 0. The molecule has 114 valence electrons. The minimum atomic E-state index is -0.585. The fourth-order valence-electron chi connectivity index (χ4n) is 2.62. The molecule has 0 amide bonds. The van der Waals surface area contributed by atoms with Crippen molar-refractivity contribution in [2.24, 2.45) is 5.73 Å². The summed E-state index contributed by atoms with van der Waals surface area (Å²) < 4.78 is 27.0. The molecule has 0 aliphatic heterocycles. The second-order valence-corrected chi connectivity index (χ2v) is 5.60. The fourth-order valence-corrected chi connectivity index (χ4v) is 2.62. The predicted molar refractivity (Wildman–Crippen MR) is 76.4 cm³/mol. The maximum atomic E-state index is 14.0. The lowest BCUT2D eigenvalue weighted by Gasteiger charge is -2.15. The summed E-state index contributed by atoms with van der Waals surface area (Å²) in [4.78, 5) is 19.8. The highest BCUT2D eigenvalue weighted by Gasteiger charge is 2.46. The molecule has 1 aliphatic carbocycles. The highest BCUT2D eigenvalue weighted by atomic mass is 19.1. The van der Waals surface area contributed by atoms with Crippen molar-refractivity contribution in [1.29, 1.82) is 0 Å². The molecule has 1 fully saturated rings. The predicted octanol–water partition coefficient (Wildman–Crippen LogP) is 2.17. The maximum Gasteiger partial charge on any atom is 0.179 e. The van der Waals surface area contributed by atoms with E-state index in [1.807, 2.05) is 0 Å². The van der Waals surface area contributed by atoms with Crippen LogP contribution in [0.5, 0.6) is 0 Å². The largest absolute Gasteiger partial charge is 0.324 e. The highest BCUT2D eigenvalue weighted by molar-refractivity contribution is 5.96. The van der Waals surface area contributed by atoms with Crippen molar-refractivity contribution in [2.75, 3.05) is 6.54 Å². The van der Waals surface area contributed by atoms with E-state index < -0.39 is 11.6 Å². The third kappa shape index (κ3) is 2.74. The maximum absolute atomic E-state index is 14.0. The molecule has 6 heteroatoms. The Hall–Kier alpha value is -2.21. The third-order valence-corrected chi connectivity index (χ3v) is 4.07. The van der Waals surface area contributed by atoms with Crippen molar-refractivity contribution in [1.82, 2.24) is 9.97 Å². The van der Waals surface area contributed by atoms with Crippen LogP contribution in [-0.4, -0.2) is 22.3 Å². The van der Waals surface area contributed by atoms with Gasteiger partial charge < -0.3 is 5.73 Å². The number of nitrogens with two attached hydrogens (primary N) is 1. The number of benzene rings is 1. The van der Waals surface area contributed by atoms with Gasteiger partial charge in [-0.3, -0.25) is 4.79 Å². The first-order chi connectivity index (χ1) is 10.5. The molecular weight excluding hydrogens is 288 g/mol. The van der Waals surface area contributed by atoms with Gasteiger partial charge in [0, 0.05) is 30.3 Å². The molecule has 0 bridgehead atoms. The molecule has 0 saturated heterocycles. The second-order valence-electron chi connectivity index (χ2n) is 5.60. The quantitative estimate of drug-likeness (QED) is 0.860. The van der Waals surface area contributed by atoms with E-state index in [9.17, 15) is 13.6 Å². The van der Waals surface area contributed by atoms with E-state index in [4.69, 9.17) is 5.73 Å². The SMILES string of the molecule is NCC(=O)c1cnc(CC2(c3ccc(F)cc3F)CC2)nc1. The van der Waals surface area contributed by atoms with Crippen molar-refractivity contribution >= 4 is 5.78 Å². The van der Waals surface area contributed by atoms with Crippen LogP contribution in [0.3, 0.4) is 0 Å². The van der Waals surface area contributed by atoms with Crippen LogP contribution >= 0.6 is 0 Å². The number of hydrogen-bond donors (Lipinski definition) is 1. The molecule has 1 aromatic heterocycles. The molecule has 2 aromatic rings. The molecule has 1 saturated carbocycles. The Bertz CT molecular complexity index is 712. The van der Waals surface area contributed by atoms with E-state index in [0.717, 1.165) is 18.9 Å². The van der Waals surface area contributed by atoms with Crippen LogP contribution in [0.1, 0.15) is 34.6 Å². The molecule has 2 N–H and O–H groups in total. The van der Waals surface area contributed by atoms with E-state index in [0.29, 0.717) is 23.4 Å². The van der Waals surface area contributed by atoms with Gasteiger partial charge in [0.1, 0.15) is 17.5 Å². The van der Waals surface area contributed by atoms with Crippen molar-refractivity contribution in [3.8, 4) is 0 Å². The van der Waals surface area contributed by atoms with E-state index in [1.54, 1.807) is 0 Å². The minimum absolute atomic E-state index is 0.0898. The van der Waals surface area contributed by atoms with E-state index >= 15 is 0 Å². The molecule has 1 heterocycles. The smallest absolute Gasteiger partial charge is 0.179 e. The molecule has 0 radical (unpaired) electrons. The zero-order valence-corrected chi connectivity index (χ0v) is 11.9. The normalized spacial score (nSPS) is 15.6. The number of aromatic nitrogens is 2. The lowest BCUT2D eigenvalue weighted by molar-refractivity contribution is 0.100. The van der Waals surface area contributed by atoms with Gasteiger partial charge in [-0.05, 0) is 24.5 Å². The van der Waals surface area contributed by atoms with Gasteiger partial charge in [0.15, 0.2) is 5.78 Å². The summed E-state index contributed by atoms with van der Waals surface area (Å²) in [6.07, 6.45) is 4.96. The molecule has 1 aromatic carbocycles. The van der Waals surface area contributed by atoms with Gasteiger partial charge in [-0.1, -0.05) is 6.07 Å². The van der Waals surface area contributed by atoms with Crippen LogP contribution in [-0.2, 0) is 11.8 Å². The first kappa shape index (κ1) is 14.7. The molecule has 0 atom stereocenters. The van der Waals surface area contributed by atoms with Crippen molar-refractivity contribution in [3.05, 3.63) is 59.2 Å². The second kappa shape index (κ2) is 5.53. The molecule has 4 nitrogen and oxygen atoms in total. The number of hydrogen-bond acceptors (Lipinski definition) is 4. The van der Waals surface area contributed by atoms with Gasteiger partial charge in [-0.2, -0.15) is 0 Å². The molecule has 1 aliphatic rings. The number of carbonyl (C=O) groups excluding carboxylic acids is 1. The molecule has 0 spiro atoms. The Kier molecular flexibility index (Phi) is 3.70. The lowest BCUT2D eigenvalue weighted by Crippen LogP contribution is -2.17. The van der Waals surface area contributed by atoms with Gasteiger partial charge >= 0.3 is 0 Å². The zero-order valence-electron chi connectivity index (χ0n) is 11.9. The summed E-state index contributed by atoms with van der Waals surface area (Å²) in [7, 11) is 0. The number of Topliss-reactive ketones (excluding diaryl/α,β-unsaturated/α-hetero) is 1. The van der Waals surface area contributed by atoms with Crippen LogP contribution in [0.2, 0.25) is 0 Å². The summed E-state index contributed by atoms with van der Waals surface area (Å²) in [6, 6.07) is 3.66. The number of ketones is 1. The number of rotatable bonds is 5. The van der Waals surface area contributed by atoms with Crippen LogP contribution < -0.4 is 5.73 Å². The Balaban J connectivity index is 1.81. The number of halogens is 2. The first-order valence-electron chi connectivity index (χ1n) is 7.04. The summed E-state index contributed by atoms with van der Waals surface area (Å²) in [5.74, 6) is -0.808. The zero-order chi connectivity index (χ0) is 15.7. The Morgan fingerprint density at radius 1 is 1.23 bits per heavy atom. The Morgan fingerprint density at radius 3 is 2.45 bits per heavy atom. The van der Waals surface area contributed by atoms with E-state index in [2.05, 4.69) is 9.97 Å². The average molecular weight is 303 g/mol. The van der Waals surface area contributed by atoms with Crippen LogP contribution in [0, 0.1) is 11.6 Å². The molecule has 3 rings (SSSR count). The standard InChI is InChI=1S/C16H15F2N3O/c17-11-1-2-12(13(18)5-11)16(3-4-16)6-15-20-8-10(9-21-15)14(22)7-19/h1-2,5,8-9H,3-4,6-7,19H2. The molecular formula is C16H15F2N3O. The summed E-state index contributed by atoms with van der Waals surface area (Å²) in [5.41, 5.74) is 5.78. The van der Waals surface area contributed by atoms with E-state index in [1.165, 1.54) is 24.5 Å². The number of nitrogens with zero attached hydrogens (tertiary/aromatic N) is 2. The summed E-state index contributed by atoms with van der Waals surface area (Å²) in [6.45, 7) is -0.0898. The molecule has 22 heavy (non-hydrogen) atoms. The summed E-state index contributed by atoms with van der Waals surface area (Å²) in [5, 5.41) is 0. The van der Waals surface area contributed by atoms with Crippen LogP contribution in [0.25, 0.3) is 0 Å². The van der Waals surface area contributed by atoms with Crippen molar-refractivity contribution in [2.45, 2.75) is 24.7 Å². The van der Waals surface area contributed by atoms with Crippen molar-refractivity contribution < 1.29 is 13.6 Å². The monoisotopic (exact) mass is 303 g/mol. The third-order valence-electron chi connectivity index (χ3n) is 4.07. The topological polar surface area (TPSA) is 68.9 Å². The molecule has 0 unspecified atom stereocenters. The van der Waals surface area contributed by atoms with Gasteiger partial charge in [0.25, 0.3) is 0 Å².